The third-order valence-electron chi connectivity index (χ3n) is 3.85. The van der Waals surface area contributed by atoms with E-state index in [1.54, 1.807) is 19.1 Å². The van der Waals surface area contributed by atoms with E-state index in [-0.39, 0.29) is 11.5 Å². The largest absolute Gasteiger partial charge is 0.463 e. The van der Waals surface area contributed by atoms with Crippen LogP contribution in [-0.2, 0) is 24.3 Å². The summed E-state index contributed by atoms with van der Waals surface area (Å²) >= 11 is 0. The number of aryl methyl sites for hydroxylation is 2. The monoisotopic (exact) mass is 402 g/mol. The van der Waals surface area contributed by atoms with Gasteiger partial charge < -0.3 is 10.1 Å². The topological polar surface area (TPSA) is 102 Å². The molecule has 0 radical (unpaired) electrons. The Kier molecular flexibility index (Phi) is 6.94. The molecule has 0 unspecified atom stereocenters. The predicted octanol–water partition coefficient (Wildman–Crippen LogP) is 3.16. The van der Waals surface area contributed by atoms with Crippen LogP contribution in [0.5, 0.6) is 0 Å². The molecule has 148 valence electrons. The fourth-order valence-corrected chi connectivity index (χ4v) is 3.30. The first-order valence-corrected chi connectivity index (χ1v) is 10.1. The molecule has 0 aliphatic rings. The lowest BCUT2D eigenvalue weighted by atomic mass is 10.1. The van der Waals surface area contributed by atoms with E-state index in [0.29, 0.717) is 11.4 Å². The Bertz CT molecular complexity index is 996. The molecule has 1 amide bonds. The van der Waals surface area contributed by atoms with Gasteiger partial charge in [0.05, 0.1) is 11.5 Å². The average Bonchev–Trinajstić information content (AvgIpc) is 2.63. The van der Waals surface area contributed by atoms with E-state index >= 15 is 0 Å². The summed E-state index contributed by atoms with van der Waals surface area (Å²) in [4.78, 5) is 23.0. The van der Waals surface area contributed by atoms with Crippen LogP contribution in [0.3, 0.4) is 0 Å². The highest BCUT2D eigenvalue weighted by atomic mass is 32.2. The van der Waals surface area contributed by atoms with Gasteiger partial charge in [-0.1, -0.05) is 6.07 Å². The van der Waals surface area contributed by atoms with E-state index < -0.39 is 21.9 Å². The smallest absolute Gasteiger partial charge is 0.330 e. The van der Waals surface area contributed by atoms with Crippen LogP contribution in [0.1, 0.15) is 18.1 Å². The van der Waals surface area contributed by atoms with Gasteiger partial charge in [-0.15, -0.1) is 0 Å². The minimum atomic E-state index is -3.75. The quantitative estimate of drug-likeness (QED) is 0.547. The van der Waals surface area contributed by atoms with Gasteiger partial charge >= 0.3 is 5.97 Å². The fraction of sp³-hybridized carbons (Fsp3) is 0.200. The number of rotatable bonds is 7. The molecule has 2 N–H and O–H groups in total. The Morgan fingerprint density at radius 3 is 2.21 bits per heavy atom. The standard InChI is InChI=1S/C20H22N2O5S/c1-4-27-20(24)12-11-19(23)21-16-7-9-18(10-8-16)28(25,26)22-17-6-5-14(2)15(3)13-17/h5-13,22H,4H2,1-3H3,(H,21,23). The second kappa shape index (κ2) is 9.18. The van der Waals surface area contributed by atoms with Crippen LogP contribution >= 0.6 is 0 Å². The highest BCUT2D eigenvalue weighted by molar-refractivity contribution is 7.92. The van der Waals surface area contributed by atoms with Gasteiger partial charge in [0.1, 0.15) is 0 Å². The molecule has 2 aromatic rings. The first kappa shape index (κ1) is 21.2. The summed E-state index contributed by atoms with van der Waals surface area (Å²) < 4.78 is 32.2. The van der Waals surface area contributed by atoms with Crippen molar-refractivity contribution in [2.45, 2.75) is 25.7 Å². The molecule has 0 heterocycles. The zero-order valence-corrected chi connectivity index (χ0v) is 16.7. The van der Waals surface area contributed by atoms with Gasteiger partial charge in [0.2, 0.25) is 5.91 Å². The van der Waals surface area contributed by atoms with Gasteiger partial charge in [-0.3, -0.25) is 9.52 Å². The van der Waals surface area contributed by atoms with Gasteiger partial charge in [0, 0.05) is 23.5 Å². The molecule has 2 aromatic carbocycles. The van der Waals surface area contributed by atoms with Crippen molar-refractivity contribution in [3.63, 3.8) is 0 Å². The van der Waals surface area contributed by atoms with Crippen LogP contribution in [0.2, 0.25) is 0 Å². The van der Waals surface area contributed by atoms with Crippen molar-refractivity contribution in [3.05, 3.63) is 65.7 Å². The molecule has 0 aliphatic carbocycles. The van der Waals surface area contributed by atoms with Gasteiger partial charge in [0.15, 0.2) is 0 Å². The van der Waals surface area contributed by atoms with Crippen LogP contribution in [0.4, 0.5) is 11.4 Å². The van der Waals surface area contributed by atoms with Crippen molar-refractivity contribution in [3.8, 4) is 0 Å². The predicted molar refractivity (Wildman–Crippen MR) is 108 cm³/mol. The molecule has 0 spiro atoms. The number of carbonyl (C=O) groups is 2. The van der Waals surface area contributed by atoms with E-state index in [1.165, 1.54) is 24.3 Å². The minimum absolute atomic E-state index is 0.0609. The van der Waals surface area contributed by atoms with E-state index in [4.69, 9.17) is 0 Å². The lowest BCUT2D eigenvalue weighted by Crippen LogP contribution is -2.13. The maximum absolute atomic E-state index is 12.5. The van der Waals surface area contributed by atoms with Crippen LogP contribution in [-0.4, -0.2) is 26.9 Å². The maximum atomic E-state index is 12.5. The van der Waals surface area contributed by atoms with Crippen molar-refractivity contribution in [1.29, 1.82) is 0 Å². The van der Waals surface area contributed by atoms with Crippen molar-refractivity contribution in [2.24, 2.45) is 0 Å². The Hall–Kier alpha value is -3.13. The Labute approximate surface area is 164 Å². The molecule has 0 saturated heterocycles. The number of hydrogen-bond donors (Lipinski definition) is 2. The van der Waals surface area contributed by atoms with Crippen LogP contribution in [0.25, 0.3) is 0 Å². The number of carbonyl (C=O) groups excluding carboxylic acids is 2. The van der Waals surface area contributed by atoms with Crippen LogP contribution in [0.15, 0.2) is 59.5 Å². The van der Waals surface area contributed by atoms with Gasteiger partial charge in [-0.2, -0.15) is 0 Å². The molecule has 8 heteroatoms. The number of esters is 1. The van der Waals surface area contributed by atoms with Gasteiger partial charge in [-0.25, -0.2) is 13.2 Å². The summed E-state index contributed by atoms with van der Waals surface area (Å²) in [5.74, 6) is -1.14. The number of benzene rings is 2. The molecule has 0 atom stereocenters. The summed E-state index contributed by atoms with van der Waals surface area (Å²) in [5, 5.41) is 2.53. The highest BCUT2D eigenvalue weighted by Crippen LogP contribution is 2.20. The summed E-state index contributed by atoms with van der Waals surface area (Å²) in [6.07, 6.45) is 2.06. The van der Waals surface area contributed by atoms with Crippen LogP contribution in [0, 0.1) is 13.8 Å². The average molecular weight is 402 g/mol. The van der Waals surface area contributed by atoms with E-state index in [1.807, 2.05) is 19.9 Å². The fourth-order valence-electron chi connectivity index (χ4n) is 2.25. The SMILES string of the molecule is CCOC(=O)C=CC(=O)Nc1ccc(S(=O)(=O)Nc2ccc(C)c(C)c2)cc1. The number of sulfonamides is 1. The summed E-state index contributed by atoms with van der Waals surface area (Å²) in [5.41, 5.74) is 2.92. The van der Waals surface area contributed by atoms with E-state index in [0.717, 1.165) is 23.3 Å². The lowest BCUT2D eigenvalue weighted by molar-refractivity contribution is -0.137. The highest BCUT2D eigenvalue weighted by Gasteiger charge is 2.14. The molecule has 0 fully saturated rings. The summed E-state index contributed by atoms with van der Waals surface area (Å²) in [7, 11) is -3.75. The first-order valence-electron chi connectivity index (χ1n) is 8.57. The van der Waals surface area contributed by atoms with Crippen molar-refractivity contribution in [1.82, 2.24) is 0 Å². The van der Waals surface area contributed by atoms with E-state index in [2.05, 4.69) is 14.8 Å². The lowest BCUT2D eigenvalue weighted by Gasteiger charge is -2.10. The van der Waals surface area contributed by atoms with Gasteiger partial charge in [0.25, 0.3) is 10.0 Å². The molecule has 0 aliphatic heterocycles. The third kappa shape index (κ3) is 5.95. The molecule has 28 heavy (non-hydrogen) atoms. The van der Waals surface area contributed by atoms with Crippen molar-refractivity contribution < 1.29 is 22.7 Å². The second-order valence-electron chi connectivity index (χ2n) is 6.00. The molecule has 0 aromatic heterocycles. The molecule has 7 nitrogen and oxygen atoms in total. The third-order valence-corrected chi connectivity index (χ3v) is 5.25. The zero-order chi connectivity index (χ0) is 20.7. The first-order chi connectivity index (χ1) is 13.2. The normalized spacial score (nSPS) is 11.2. The van der Waals surface area contributed by atoms with Crippen molar-refractivity contribution in [2.75, 3.05) is 16.6 Å². The molecule has 0 saturated carbocycles. The molecule has 0 bridgehead atoms. The number of amides is 1. The number of ether oxygens (including phenoxy) is 1. The van der Waals surface area contributed by atoms with Gasteiger partial charge in [-0.05, 0) is 68.3 Å². The number of nitrogens with one attached hydrogen (secondary N) is 2. The zero-order valence-electron chi connectivity index (χ0n) is 15.9. The molecular weight excluding hydrogens is 380 g/mol. The summed E-state index contributed by atoms with van der Waals surface area (Å²) in [6.45, 7) is 5.73. The van der Waals surface area contributed by atoms with Crippen molar-refractivity contribution >= 4 is 33.3 Å². The molecule has 2 rings (SSSR count). The van der Waals surface area contributed by atoms with Crippen LogP contribution < -0.4 is 10.0 Å². The Balaban J connectivity index is 2.05. The Morgan fingerprint density at radius 1 is 0.964 bits per heavy atom. The number of anilines is 2. The Morgan fingerprint density at radius 2 is 1.61 bits per heavy atom. The van der Waals surface area contributed by atoms with E-state index in [9.17, 15) is 18.0 Å². The second-order valence-corrected chi connectivity index (χ2v) is 7.69. The molecular formula is C20H22N2O5S. The minimum Gasteiger partial charge on any atom is -0.463 e. The summed E-state index contributed by atoms with van der Waals surface area (Å²) in [6, 6.07) is 11.0. The maximum Gasteiger partial charge on any atom is 0.330 e. The number of hydrogen-bond acceptors (Lipinski definition) is 5.